The molecule has 0 spiro atoms. The second-order valence-corrected chi connectivity index (χ2v) is 5.11. The number of nitrogens with one attached hydrogen (secondary N) is 1. The number of carbonyl (C=O) groups excluding carboxylic acids is 1. The van der Waals surface area contributed by atoms with Crippen molar-refractivity contribution in [2.45, 2.75) is 27.3 Å². The lowest BCUT2D eigenvalue weighted by Gasteiger charge is -2.18. The minimum Gasteiger partial charge on any atom is -0.355 e. The number of anilines is 2. The van der Waals surface area contributed by atoms with E-state index in [1.54, 1.807) is 0 Å². The first-order chi connectivity index (χ1) is 9.99. The highest BCUT2D eigenvalue weighted by Crippen LogP contribution is 2.25. The summed E-state index contributed by atoms with van der Waals surface area (Å²) in [4.78, 5) is 11.2. The number of nitrogens with zero attached hydrogens (tertiary/aromatic N) is 1. The van der Waals surface area contributed by atoms with E-state index < -0.39 is 0 Å². The zero-order chi connectivity index (χ0) is 15.4. The SMILES string of the molecule is CC(=O)N(O)Cc1ccccc1Nc1cccc(C)c1C. The number of carbonyl (C=O) groups is 1. The quantitative estimate of drug-likeness (QED) is 0.663. The molecule has 0 atom stereocenters. The Bertz CT molecular complexity index is 653. The molecule has 2 N–H and O–H groups in total. The van der Waals surface area contributed by atoms with Crippen molar-refractivity contribution in [3.05, 3.63) is 59.2 Å². The average molecular weight is 284 g/mol. The highest BCUT2D eigenvalue weighted by Gasteiger charge is 2.10. The van der Waals surface area contributed by atoms with Crippen LogP contribution in [0.15, 0.2) is 42.5 Å². The van der Waals surface area contributed by atoms with Crippen LogP contribution >= 0.6 is 0 Å². The number of aryl methyl sites for hydroxylation is 1. The van der Waals surface area contributed by atoms with Gasteiger partial charge in [-0.05, 0) is 42.7 Å². The molecule has 2 rings (SSSR count). The fourth-order valence-corrected chi connectivity index (χ4v) is 2.08. The van der Waals surface area contributed by atoms with E-state index in [1.807, 2.05) is 36.4 Å². The predicted octanol–water partition coefficient (Wildman–Crippen LogP) is 3.78. The predicted molar refractivity (Wildman–Crippen MR) is 83.7 cm³/mol. The van der Waals surface area contributed by atoms with Crippen LogP contribution in [0.3, 0.4) is 0 Å². The molecule has 0 unspecified atom stereocenters. The van der Waals surface area contributed by atoms with Crippen molar-refractivity contribution in [1.29, 1.82) is 0 Å². The minimum atomic E-state index is -0.378. The number of hydrogen-bond donors (Lipinski definition) is 2. The Morgan fingerprint density at radius 3 is 2.48 bits per heavy atom. The molecule has 0 heterocycles. The average Bonchev–Trinajstić information content (AvgIpc) is 2.45. The minimum absolute atomic E-state index is 0.156. The lowest BCUT2D eigenvalue weighted by Crippen LogP contribution is -2.24. The van der Waals surface area contributed by atoms with Crippen LogP contribution < -0.4 is 5.32 Å². The lowest BCUT2D eigenvalue weighted by atomic mass is 10.1. The maximum Gasteiger partial charge on any atom is 0.243 e. The molecule has 0 radical (unpaired) electrons. The lowest BCUT2D eigenvalue weighted by molar-refractivity contribution is -0.165. The molecule has 2 aromatic rings. The van der Waals surface area contributed by atoms with Crippen molar-refractivity contribution in [2.75, 3.05) is 5.32 Å². The smallest absolute Gasteiger partial charge is 0.243 e. The highest BCUT2D eigenvalue weighted by atomic mass is 16.5. The van der Waals surface area contributed by atoms with Gasteiger partial charge in [-0.1, -0.05) is 30.3 Å². The fraction of sp³-hybridized carbons (Fsp3) is 0.235. The van der Waals surface area contributed by atoms with Gasteiger partial charge in [0.25, 0.3) is 0 Å². The zero-order valence-corrected chi connectivity index (χ0v) is 12.6. The van der Waals surface area contributed by atoms with Gasteiger partial charge in [-0.2, -0.15) is 0 Å². The van der Waals surface area contributed by atoms with Crippen LogP contribution in [-0.2, 0) is 11.3 Å². The Morgan fingerprint density at radius 2 is 1.76 bits per heavy atom. The summed E-state index contributed by atoms with van der Waals surface area (Å²) >= 11 is 0. The maximum atomic E-state index is 11.2. The molecule has 21 heavy (non-hydrogen) atoms. The van der Waals surface area contributed by atoms with Gasteiger partial charge in [0.1, 0.15) is 0 Å². The molecule has 0 bridgehead atoms. The third-order valence-corrected chi connectivity index (χ3v) is 3.57. The van der Waals surface area contributed by atoms with Gasteiger partial charge in [0.15, 0.2) is 0 Å². The van der Waals surface area contributed by atoms with E-state index in [2.05, 4.69) is 25.2 Å². The summed E-state index contributed by atoms with van der Waals surface area (Å²) in [6.07, 6.45) is 0. The topological polar surface area (TPSA) is 52.6 Å². The normalized spacial score (nSPS) is 10.3. The number of rotatable bonds is 4. The van der Waals surface area contributed by atoms with Crippen molar-refractivity contribution in [3.8, 4) is 0 Å². The summed E-state index contributed by atoms with van der Waals surface area (Å²) in [6, 6.07) is 13.7. The first-order valence-corrected chi connectivity index (χ1v) is 6.87. The molecule has 4 nitrogen and oxygen atoms in total. The molecule has 0 aromatic heterocycles. The Labute approximate surface area is 125 Å². The zero-order valence-electron chi connectivity index (χ0n) is 12.6. The summed E-state index contributed by atoms with van der Waals surface area (Å²) in [7, 11) is 0. The molecule has 2 aromatic carbocycles. The molecule has 0 aliphatic heterocycles. The van der Waals surface area contributed by atoms with Crippen LogP contribution in [0.4, 0.5) is 11.4 Å². The monoisotopic (exact) mass is 284 g/mol. The van der Waals surface area contributed by atoms with Gasteiger partial charge < -0.3 is 5.32 Å². The van der Waals surface area contributed by atoms with E-state index >= 15 is 0 Å². The van der Waals surface area contributed by atoms with Crippen LogP contribution in [0.5, 0.6) is 0 Å². The van der Waals surface area contributed by atoms with Crippen molar-refractivity contribution in [1.82, 2.24) is 5.06 Å². The molecular formula is C17H20N2O2. The molecule has 0 saturated carbocycles. The molecule has 0 aliphatic carbocycles. The number of amides is 1. The Balaban J connectivity index is 2.28. The standard InChI is InChI=1S/C17H20N2O2/c1-12-7-6-10-16(13(12)2)18-17-9-5-4-8-15(17)11-19(21)14(3)20/h4-10,18,21H,11H2,1-3H3. The number of para-hydroxylation sites is 1. The Hall–Kier alpha value is -2.33. The first-order valence-electron chi connectivity index (χ1n) is 6.87. The third kappa shape index (κ3) is 3.61. The maximum absolute atomic E-state index is 11.2. The van der Waals surface area contributed by atoms with Crippen LogP contribution in [0, 0.1) is 13.8 Å². The van der Waals surface area contributed by atoms with Crippen molar-refractivity contribution in [3.63, 3.8) is 0 Å². The largest absolute Gasteiger partial charge is 0.355 e. The van der Waals surface area contributed by atoms with Crippen LogP contribution in [0.1, 0.15) is 23.6 Å². The van der Waals surface area contributed by atoms with E-state index in [4.69, 9.17) is 0 Å². The summed E-state index contributed by atoms with van der Waals surface area (Å²) in [5.74, 6) is -0.378. The van der Waals surface area contributed by atoms with E-state index in [1.165, 1.54) is 18.1 Å². The molecular weight excluding hydrogens is 264 g/mol. The molecule has 110 valence electrons. The van der Waals surface area contributed by atoms with E-state index in [0.29, 0.717) is 5.06 Å². The summed E-state index contributed by atoms with van der Waals surface area (Å²) in [6.45, 7) is 5.62. The van der Waals surface area contributed by atoms with Crippen LogP contribution in [0.2, 0.25) is 0 Å². The number of benzene rings is 2. The second-order valence-electron chi connectivity index (χ2n) is 5.11. The van der Waals surface area contributed by atoms with Gasteiger partial charge in [-0.25, -0.2) is 5.06 Å². The van der Waals surface area contributed by atoms with E-state index in [-0.39, 0.29) is 12.5 Å². The summed E-state index contributed by atoms with van der Waals surface area (Å²) < 4.78 is 0. The van der Waals surface area contributed by atoms with Gasteiger partial charge in [0.05, 0.1) is 6.54 Å². The second kappa shape index (κ2) is 6.41. The van der Waals surface area contributed by atoms with Gasteiger partial charge >= 0.3 is 0 Å². The van der Waals surface area contributed by atoms with E-state index in [9.17, 15) is 10.0 Å². The molecule has 4 heteroatoms. The first kappa shape index (κ1) is 15.1. The highest BCUT2D eigenvalue weighted by molar-refractivity contribution is 5.72. The Morgan fingerprint density at radius 1 is 1.10 bits per heavy atom. The number of hydroxylamine groups is 2. The summed E-state index contributed by atoms with van der Waals surface area (Å²) in [5.41, 5.74) is 5.15. The van der Waals surface area contributed by atoms with Crippen LogP contribution in [0.25, 0.3) is 0 Å². The van der Waals surface area contributed by atoms with Crippen molar-refractivity contribution in [2.24, 2.45) is 0 Å². The Kier molecular flexibility index (Phi) is 4.60. The molecule has 0 fully saturated rings. The fourth-order valence-electron chi connectivity index (χ4n) is 2.08. The van der Waals surface area contributed by atoms with Crippen molar-refractivity contribution >= 4 is 17.3 Å². The molecule has 1 amide bonds. The van der Waals surface area contributed by atoms with Gasteiger partial charge in [-0.3, -0.25) is 10.0 Å². The van der Waals surface area contributed by atoms with Gasteiger partial charge in [0.2, 0.25) is 5.91 Å². The number of hydrogen-bond acceptors (Lipinski definition) is 3. The van der Waals surface area contributed by atoms with Gasteiger partial charge in [0, 0.05) is 18.3 Å². The van der Waals surface area contributed by atoms with Crippen LogP contribution in [-0.4, -0.2) is 16.2 Å². The molecule has 0 aliphatic rings. The van der Waals surface area contributed by atoms with E-state index in [0.717, 1.165) is 16.9 Å². The van der Waals surface area contributed by atoms with Gasteiger partial charge in [-0.15, -0.1) is 0 Å². The van der Waals surface area contributed by atoms with Crippen molar-refractivity contribution < 1.29 is 10.0 Å². The molecule has 0 saturated heterocycles. The summed E-state index contributed by atoms with van der Waals surface area (Å²) in [5, 5.41) is 13.7. The third-order valence-electron chi connectivity index (χ3n) is 3.57.